The minimum absolute atomic E-state index is 0.391. The monoisotopic (exact) mass is 257 g/mol. The Balaban J connectivity index is 2.08. The van der Waals surface area contributed by atoms with Crippen LogP contribution in [-0.2, 0) is 0 Å². The van der Waals surface area contributed by atoms with Crippen molar-refractivity contribution < 1.29 is 0 Å². The van der Waals surface area contributed by atoms with Gasteiger partial charge in [0.1, 0.15) is 0 Å². The predicted octanol–water partition coefficient (Wildman–Crippen LogP) is 3.40. The fourth-order valence-electron chi connectivity index (χ4n) is 2.90. The molecule has 1 aromatic carbocycles. The summed E-state index contributed by atoms with van der Waals surface area (Å²) >= 11 is 0. The number of nitriles is 1. The molecular weight excluding hydrogens is 234 g/mol. The molecule has 0 bridgehead atoms. The van der Waals surface area contributed by atoms with Crippen LogP contribution in [0.1, 0.15) is 39.2 Å². The molecular formula is C16H23N3. The minimum atomic E-state index is 0.391. The summed E-state index contributed by atoms with van der Waals surface area (Å²) in [5, 5.41) is 8.87. The van der Waals surface area contributed by atoms with Crippen molar-refractivity contribution in [3.63, 3.8) is 0 Å². The van der Waals surface area contributed by atoms with E-state index < -0.39 is 0 Å². The summed E-state index contributed by atoms with van der Waals surface area (Å²) in [5.41, 5.74) is 8.87. The lowest BCUT2D eigenvalue weighted by Crippen LogP contribution is -2.38. The van der Waals surface area contributed by atoms with Crippen LogP contribution in [-0.4, -0.2) is 13.1 Å². The zero-order valence-electron chi connectivity index (χ0n) is 12.1. The maximum atomic E-state index is 8.87. The van der Waals surface area contributed by atoms with E-state index >= 15 is 0 Å². The summed E-state index contributed by atoms with van der Waals surface area (Å²) in [6.07, 6.45) is 2.42. The first-order valence-electron chi connectivity index (χ1n) is 6.96. The Bertz CT molecular complexity index is 486. The Kier molecular flexibility index (Phi) is 3.71. The van der Waals surface area contributed by atoms with Gasteiger partial charge in [0.25, 0.3) is 0 Å². The second kappa shape index (κ2) is 5.13. The maximum absolute atomic E-state index is 8.87. The highest BCUT2D eigenvalue weighted by Crippen LogP contribution is 2.36. The SMILES string of the molecule is CC(C)(C)C1CCN(c2ccc(C#N)cc2N)CC1. The first-order chi connectivity index (χ1) is 8.91. The van der Waals surface area contributed by atoms with Gasteiger partial charge in [-0.15, -0.1) is 0 Å². The van der Waals surface area contributed by atoms with Crippen molar-refractivity contribution in [1.82, 2.24) is 0 Å². The molecule has 1 saturated heterocycles. The molecule has 3 heteroatoms. The van der Waals surface area contributed by atoms with Gasteiger partial charge in [0.15, 0.2) is 0 Å². The summed E-state index contributed by atoms with van der Waals surface area (Å²) < 4.78 is 0. The standard InChI is InChI=1S/C16H23N3/c1-16(2,3)13-6-8-19(9-7-13)15-5-4-12(11-17)10-14(15)18/h4-5,10,13H,6-9,18H2,1-3H3. The Hall–Kier alpha value is -1.69. The van der Waals surface area contributed by atoms with Crippen LogP contribution in [0.25, 0.3) is 0 Å². The number of piperidine rings is 1. The van der Waals surface area contributed by atoms with Crippen molar-refractivity contribution in [1.29, 1.82) is 5.26 Å². The third-order valence-electron chi connectivity index (χ3n) is 4.22. The fourth-order valence-corrected chi connectivity index (χ4v) is 2.90. The molecule has 2 N–H and O–H groups in total. The lowest BCUT2D eigenvalue weighted by Gasteiger charge is -2.40. The summed E-state index contributed by atoms with van der Waals surface area (Å²) in [7, 11) is 0. The van der Waals surface area contributed by atoms with E-state index in [1.165, 1.54) is 12.8 Å². The molecule has 102 valence electrons. The van der Waals surface area contributed by atoms with Crippen LogP contribution in [0.5, 0.6) is 0 Å². The van der Waals surface area contributed by atoms with Gasteiger partial charge < -0.3 is 10.6 Å². The van der Waals surface area contributed by atoms with E-state index in [1.807, 2.05) is 12.1 Å². The van der Waals surface area contributed by atoms with Gasteiger partial charge >= 0.3 is 0 Å². The largest absolute Gasteiger partial charge is 0.397 e. The van der Waals surface area contributed by atoms with Crippen molar-refractivity contribution in [2.24, 2.45) is 11.3 Å². The Labute approximate surface area is 116 Å². The zero-order valence-corrected chi connectivity index (χ0v) is 12.1. The van der Waals surface area contributed by atoms with Gasteiger partial charge in [-0.25, -0.2) is 0 Å². The van der Waals surface area contributed by atoms with Crippen LogP contribution in [0.4, 0.5) is 11.4 Å². The molecule has 19 heavy (non-hydrogen) atoms. The molecule has 1 aliphatic rings. The van der Waals surface area contributed by atoms with Crippen LogP contribution in [0.3, 0.4) is 0 Å². The van der Waals surface area contributed by atoms with E-state index in [-0.39, 0.29) is 0 Å². The number of rotatable bonds is 1. The molecule has 0 radical (unpaired) electrons. The highest BCUT2D eigenvalue weighted by Gasteiger charge is 2.29. The molecule has 3 nitrogen and oxygen atoms in total. The lowest BCUT2D eigenvalue weighted by molar-refractivity contribution is 0.199. The number of anilines is 2. The molecule has 0 aliphatic carbocycles. The van der Waals surface area contributed by atoms with Gasteiger partial charge in [-0.05, 0) is 42.4 Å². The summed E-state index contributed by atoms with van der Waals surface area (Å²) in [5.74, 6) is 0.781. The van der Waals surface area contributed by atoms with Crippen LogP contribution in [0, 0.1) is 22.7 Å². The first-order valence-corrected chi connectivity index (χ1v) is 6.96. The third kappa shape index (κ3) is 3.01. The number of nitrogens with two attached hydrogens (primary N) is 1. The number of nitrogens with zero attached hydrogens (tertiary/aromatic N) is 2. The van der Waals surface area contributed by atoms with Crippen molar-refractivity contribution in [2.75, 3.05) is 23.7 Å². The Morgan fingerprint density at radius 3 is 2.37 bits per heavy atom. The average Bonchev–Trinajstić information content (AvgIpc) is 2.37. The molecule has 1 fully saturated rings. The maximum Gasteiger partial charge on any atom is 0.0992 e. The quantitative estimate of drug-likeness (QED) is 0.784. The molecule has 2 rings (SSSR count). The van der Waals surface area contributed by atoms with Gasteiger partial charge in [0.05, 0.1) is 23.0 Å². The average molecular weight is 257 g/mol. The topological polar surface area (TPSA) is 53.0 Å². The number of benzene rings is 1. The van der Waals surface area contributed by atoms with Crippen LogP contribution in [0.15, 0.2) is 18.2 Å². The number of hydrogen-bond acceptors (Lipinski definition) is 3. The molecule has 0 spiro atoms. The lowest BCUT2D eigenvalue weighted by atomic mass is 9.75. The highest BCUT2D eigenvalue weighted by molar-refractivity contribution is 5.69. The molecule has 1 aliphatic heterocycles. The Morgan fingerprint density at radius 2 is 1.89 bits per heavy atom. The molecule has 0 atom stereocenters. The molecule has 0 unspecified atom stereocenters. The van der Waals surface area contributed by atoms with E-state index in [2.05, 4.69) is 31.7 Å². The van der Waals surface area contributed by atoms with E-state index in [9.17, 15) is 0 Å². The molecule has 0 saturated carbocycles. The van der Waals surface area contributed by atoms with Gasteiger partial charge in [0.2, 0.25) is 0 Å². The second-order valence-corrected chi connectivity index (χ2v) is 6.51. The fraction of sp³-hybridized carbons (Fsp3) is 0.562. The number of hydrogen-bond donors (Lipinski definition) is 1. The first kappa shape index (κ1) is 13.7. The third-order valence-corrected chi connectivity index (χ3v) is 4.22. The van der Waals surface area contributed by atoms with Gasteiger partial charge in [-0.2, -0.15) is 5.26 Å². The summed E-state index contributed by atoms with van der Waals surface area (Å²) in [6, 6.07) is 7.72. The van der Waals surface area contributed by atoms with Gasteiger partial charge in [-0.1, -0.05) is 20.8 Å². The van der Waals surface area contributed by atoms with Crippen LogP contribution in [0.2, 0.25) is 0 Å². The van der Waals surface area contributed by atoms with Gasteiger partial charge in [-0.3, -0.25) is 0 Å². The van der Waals surface area contributed by atoms with Crippen LogP contribution < -0.4 is 10.6 Å². The normalized spacial score (nSPS) is 17.3. The van der Waals surface area contributed by atoms with E-state index in [0.29, 0.717) is 16.7 Å². The molecule has 1 heterocycles. The molecule has 0 amide bonds. The second-order valence-electron chi connectivity index (χ2n) is 6.51. The van der Waals surface area contributed by atoms with Gasteiger partial charge in [0, 0.05) is 13.1 Å². The van der Waals surface area contributed by atoms with Crippen molar-refractivity contribution >= 4 is 11.4 Å². The van der Waals surface area contributed by atoms with E-state index in [4.69, 9.17) is 11.0 Å². The number of nitrogen functional groups attached to an aromatic ring is 1. The Morgan fingerprint density at radius 1 is 1.26 bits per heavy atom. The summed E-state index contributed by atoms with van der Waals surface area (Å²) in [4.78, 5) is 2.35. The minimum Gasteiger partial charge on any atom is -0.397 e. The predicted molar refractivity (Wildman–Crippen MR) is 80.0 cm³/mol. The van der Waals surface area contributed by atoms with Crippen LogP contribution >= 0.6 is 0 Å². The molecule has 0 aromatic heterocycles. The highest BCUT2D eigenvalue weighted by atomic mass is 15.1. The van der Waals surface area contributed by atoms with E-state index in [0.717, 1.165) is 24.7 Å². The van der Waals surface area contributed by atoms with Crippen molar-refractivity contribution in [3.8, 4) is 6.07 Å². The van der Waals surface area contributed by atoms with Crippen molar-refractivity contribution in [2.45, 2.75) is 33.6 Å². The molecule has 1 aromatic rings. The van der Waals surface area contributed by atoms with E-state index in [1.54, 1.807) is 6.07 Å². The summed E-state index contributed by atoms with van der Waals surface area (Å²) in [6.45, 7) is 9.08. The smallest absolute Gasteiger partial charge is 0.0992 e. The zero-order chi connectivity index (χ0) is 14.0. The van der Waals surface area contributed by atoms with Crippen molar-refractivity contribution in [3.05, 3.63) is 23.8 Å².